The number of alkyl halides is 3. The average molecular weight is 241 g/mol. The number of esters is 1. The molecular weight excluding hydrogens is 223 g/mol. The first kappa shape index (κ1) is 15.2. The lowest BCUT2D eigenvalue weighted by Crippen LogP contribution is -2.47. The summed E-state index contributed by atoms with van der Waals surface area (Å²) in [5.74, 6) is -0.784. The maximum absolute atomic E-state index is 12.0. The molecule has 96 valence electrons. The highest BCUT2D eigenvalue weighted by Crippen LogP contribution is 2.17. The Bertz CT molecular complexity index is 215. The number of hydrogen-bond acceptors (Lipinski definition) is 3. The zero-order valence-corrected chi connectivity index (χ0v) is 9.73. The molecule has 6 heteroatoms. The number of hydrogen-bond donors (Lipinski definition) is 1. The van der Waals surface area contributed by atoms with E-state index in [1.165, 1.54) is 7.11 Å². The lowest BCUT2D eigenvalue weighted by atomic mass is 9.94. The smallest absolute Gasteiger partial charge is 0.401 e. The van der Waals surface area contributed by atoms with Crippen LogP contribution in [-0.4, -0.2) is 31.8 Å². The summed E-state index contributed by atoms with van der Waals surface area (Å²) in [6.07, 6.45) is -3.07. The van der Waals surface area contributed by atoms with Gasteiger partial charge in [-0.05, 0) is 5.92 Å². The van der Waals surface area contributed by atoms with Crippen LogP contribution in [0.4, 0.5) is 13.2 Å². The molecule has 0 aliphatic carbocycles. The zero-order valence-electron chi connectivity index (χ0n) is 9.73. The maximum atomic E-state index is 12.0. The van der Waals surface area contributed by atoms with Crippen LogP contribution in [0.5, 0.6) is 0 Å². The Hall–Kier alpha value is -0.780. The maximum Gasteiger partial charge on any atom is 0.401 e. The molecule has 16 heavy (non-hydrogen) atoms. The van der Waals surface area contributed by atoms with Crippen LogP contribution in [0.1, 0.15) is 26.7 Å². The molecule has 1 unspecified atom stereocenters. The van der Waals surface area contributed by atoms with Gasteiger partial charge in [0.2, 0.25) is 0 Å². The Balaban J connectivity index is 4.49. The van der Waals surface area contributed by atoms with Crippen LogP contribution in [0.25, 0.3) is 0 Å². The molecule has 0 fully saturated rings. The van der Waals surface area contributed by atoms with Crippen LogP contribution in [0.2, 0.25) is 0 Å². The van der Waals surface area contributed by atoms with Gasteiger partial charge in [0.15, 0.2) is 0 Å². The van der Waals surface area contributed by atoms with Gasteiger partial charge < -0.3 is 4.74 Å². The first-order chi connectivity index (χ1) is 7.35. The first-order valence-corrected chi connectivity index (χ1v) is 5.23. The van der Waals surface area contributed by atoms with E-state index in [0.29, 0.717) is 12.8 Å². The van der Waals surface area contributed by atoms with Gasteiger partial charge in [0, 0.05) is 0 Å². The lowest BCUT2D eigenvalue weighted by Gasteiger charge is -2.24. The highest BCUT2D eigenvalue weighted by Gasteiger charge is 2.33. The fraction of sp³-hybridized carbons (Fsp3) is 0.900. The minimum absolute atomic E-state index is 0.144. The minimum atomic E-state index is -4.32. The van der Waals surface area contributed by atoms with Crippen LogP contribution in [-0.2, 0) is 9.53 Å². The number of nitrogens with one attached hydrogen (secondary N) is 1. The normalized spacial score (nSPS) is 13.9. The number of carbonyl (C=O) groups excluding carboxylic acids is 1. The van der Waals surface area contributed by atoms with E-state index in [1.807, 2.05) is 13.8 Å². The second-order valence-corrected chi connectivity index (χ2v) is 3.57. The predicted molar refractivity (Wildman–Crippen MR) is 53.9 cm³/mol. The molecule has 1 N–H and O–H groups in total. The van der Waals surface area contributed by atoms with E-state index < -0.39 is 24.7 Å². The highest BCUT2D eigenvalue weighted by molar-refractivity contribution is 5.76. The Kier molecular flexibility index (Phi) is 6.40. The van der Waals surface area contributed by atoms with E-state index in [-0.39, 0.29) is 5.92 Å². The largest absolute Gasteiger partial charge is 0.468 e. The summed E-state index contributed by atoms with van der Waals surface area (Å²) in [7, 11) is 1.17. The van der Waals surface area contributed by atoms with Crippen LogP contribution in [0.3, 0.4) is 0 Å². The van der Waals surface area contributed by atoms with E-state index in [4.69, 9.17) is 0 Å². The number of halogens is 3. The summed E-state index contributed by atoms with van der Waals surface area (Å²) in [4.78, 5) is 11.3. The van der Waals surface area contributed by atoms with E-state index >= 15 is 0 Å². The first-order valence-electron chi connectivity index (χ1n) is 5.23. The van der Waals surface area contributed by atoms with Gasteiger partial charge in [-0.1, -0.05) is 26.7 Å². The van der Waals surface area contributed by atoms with E-state index in [9.17, 15) is 18.0 Å². The molecule has 0 saturated heterocycles. The number of methoxy groups -OCH3 is 1. The third-order valence-electron chi connectivity index (χ3n) is 2.50. The summed E-state index contributed by atoms with van der Waals surface area (Å²) in [5.41, 5.74) is 0. The molecule has 0 spiro atoms. The van der Waals surface area contributed by atoms with Gasteiger partial charge in [-0.25, -0.2) is 0 Å². The molecule has 0 aliphatic rings. The molecule has 0 aromatic rings. The van der Waals surface area contributed by atoms with Gasteiger partial charge in [0.05, 0.1) is 13.7 Å². The predicted octanol–water partition coefficient (Wildman–Crippen LogP) is 2.12. The van der Waals surface area contributed by atoms with Crippen molar-refractivity contribution >= 4 is 5.97 Å². The molecule has 0 bridgehead atoms. The second kappa shape index (κ2) is 6.73. The van der Waals surface area contributed by atoms with E-state index in [0.717, 1.165) is 0 Å². The van der Waals surface area contributed by atoms with Gasteiger partial charge in [-0.15, -0.1) is 0 Å². The van der Waals surface area contributed by atoms with Crippen molar-refractivity contribution in [2.24, 2.45) is 5.92 Å². The third-order valence-corrected chi connectivity index (χ3v) is 2.50. The van der Waals surface area contributed by atoms with Crippen molar-refractivity contribution in [2.75, 3.05) is 13.7 Å². The number of carbonyl (C=O) groups is 1. The molecule has 0 saturated carbocycles. The van der Waals surface area contributed by atoms with E-state index in [2.05, 4.69) is 10.1 Å². The quantitative estimate of drug-likeness (QED) is 0.724. The molecule has 0 aliphatic heterocycles. The van der Waals surface area contributed by atoms with Crippen molar-refractivity contribution in [3.63, 3.8) is 0 Å². The molecule has 3 nitrogen and oxygen atoms in total. The SMILES string of the molecule is CCC(CC)C(NCC(F)(F)F)C(=O)OC. The summed E-state index contributed by atoms with van der Waals surface area (Å²) < 4.78 is 40.6. The number of ether oxygens (including phenoxy) is 1. The van der Waals surface area contributed by atoms with Gasteiger partial charge in [-0.3, -0.25) is 10.1 Å². The van der Waals surface area contributed by atoms with Crippen molar-refractivity contribution in [1.82, 2.24) is 5.32 Å². The third kappa shape index (κ3) is 5.34. The van der Waals surface area contributed by atoms with Gasteiger partial charge in [0.25, 0.3) is 0 Å². The van der Waals surface area contributed by atoms with Crippen molar-refractivity contribution in [3.8, 4) is 0 Å². The summed E-state index contributed by atoms with van der Waals surface area (Å²) in [6, 6.07) is -0.887. The van der Waals surface area contributed by atoms with Gasteiger partial charge >= 0.3 is 12.1 Å². The molecule has 0 aromatic carbocycles. The van der Waals surface area contributed by atoms with Crippen molar-refractivity contribution < 1.29 is 22.7 Å². The Labute approximate surface area is 93.3 Å². The molecule has 1 atom stereocenters. The standard InChI is InChI=1S/C10H18F3NO2/c1-4-7(5-2)8(9(15)16-3)14-6-10(11,12)13/h7-8,14H,4-6H2,1-3H3. The summed E-state index contributed by atoms with van der Waals surface area (Å²) >= 11 is 0. The Morgan fingerprint density at radius 3 is 2.12 bits per heavy atom. The fourth-order valence-electron chi connectivity index (χ4n) is 1.56. The summed E-state index contributed by atoms with van der Waals surface area (Å²) in [5, 5.41) is 2.21. The van der Waals surface area contributed by atoms with Crippen LogP contribution < -0.4 is 5.32 Å². The molecular formula is C10H18F3NO2. The van der Waals surface area contributed by atoms with Crippen molar-refractivity contribution in [2.45, 2.75) is 38.9 Å². The molecule has 0 heterocycles. The highest BCUT2D eigenvalue weighted by atomic mass is 19.4. The molecule has 0 radical (unpaired) electrons. The topological polar surface area (TPSA) is 38.3 Å². The fourth-order valence-corrected chi connectivity index (χ4v) is 1.56. The van der Waals surface area contributed by atoms with Crippen molar-refractivity contribution in [3.05, 3.63) is 0 Å². The van der Waals surface area contributed by atoms with Gasteiger partial charge in [0.1, 0.15) is 6.04 Å². The minimum Gasteiger partial charge on any atom is -0.468 e. The van der Waals surface area contributed by atoms with Crippen LogP contribution in [0, 0.1) is 5.92 Å². The Morgan fingerprint density at radius 1 is 1.31 bits per heavy atom. The zero-order chi connectivity index (χ0) is 12.8. The number of rotatable bonds is 6. The monoisotopic (exact) mass is 241 g/mol. The Morgan fingerprint density at radius 2 is 1.81 bits per heavy atom. The van der Waals surface area contributed by atoms with Crippen LogP contribution in [0.15, 0.2) is 0 Å². The second-order valence-electron chi connectivity index (χ2n) is 3.57. The molecule has 0 amide bonds. The van der Waals surface area contributed by atoms with E-state index in [1.54, 1.807) is 0 Å². The lowest BCUT2D eigenvalue weighted by molar-refractivity contribution is -0.148. The van der Waals surface area contributed by atoms with Gasteiger partial charge in [-0.2, -0.15) is 13.2 Å². The molecule has 0 rings (SSSR count). The van der Waals surface area contributed by atoms with Crippen LogP contribution >= 0.6 is 0 Å². The van der Waals surface area contributed by atoms with Crippen molar-refractivity contribution in [1.29, 1.82) is 0 Å². The average Bonchev–Trinajstić information content (AvgIpc) is 2.21. The molecule has 0 aromatic heterocycles. The summed E-state index contributed by atoms with van der Waals surface area (Å²) in [6.45, 7) is 2.49.